The third-order valence-electron chi connectivity index (χ3n) is 6.26. The molecule has 0 bridgehead atoms. The average molecular weight is 442 g/mol. The fourth-order valence-corrected chi connectivity index (χ4v) is 4.46. The summed E-state index contributed by atoms with van der Waals surface area (Å²) in [6, 6.07) is 21.6. The lowest BCUT2D eigenvalue weighted by Gasteiger charge is -2.23. The number of ether oxygens (including phenoxy) is 1. The Labute approximate surface area is 193 Å². The quantitative estimate of drug-likeness (QED) is 0.407. The highest BCUT2D eigenvalue weighted by Gasteiger charge is 2.35. The molecule has 1 fully saturated rings. The predicted octanol–water partition coefficient (Wildman–Crippen LogP) is 5.55. The molecule has 0 unspecified atom stereocenters. The minimum atomic E-state index is -0.183. The van der Waals surface area contributed by atoms with E-state index in [2.05, 4.69) is 29.2 Å². The van der Waals surface area contributed by atoms with Crippen molar-refractivity contribution in [3.05, 3.63) is 78.2 Å². The molecule has 168 valence electrons. The highest BCUT2D eigenvalue weighted by molar-refractivity contribution is 5.97. The number of aromatic nitrogens is 1. The number of hydrogen-bond acceptors (Lipinski definition) is 5. The summed E-state index contributed by atoms with van der Waals surface area (Å²) in [6.45, 7) is 0.670. The van der Waals surface area contributed by atoms with Gasteiger partial charge in [0.15, 0.2) is 5.58 Å². The van der Waals surface area contributed by atoms with Gasteiger partial charge in [-0.05, 0) is 60.4 Å². The summed E-state index contributed by atoms with van der Waals surface area (Å²) in [7, 11) is 5.64. The van der Waals surface area contributed by atoms with Gasteiger partial charge in [-0.3, -0.25) is 4.79 Å². The zero-order chi connectivity index (χ0) is 22.9. The Morgan fingerprint density at radius 1 is 1.06 bits per heavy atom. The van der Waals surface area contributed by atoms with E-state index in [1.165, 1.54) is 0 Å². The van der Waals surface area contributed by atoms with Gasteiger partial charge in [0.2, 0.25) is 5.89 Å². The maximum atomic E-state index is 13.3. The van der Waals surface area contributed by atoms with Crippen molar-refractivity contribution in [2.45, 2.75) is 18.9 Å². The molecule has 1 atom stereocenters. The molecular formula is C27H27N3O3. The number of amides is 1. The van der Waals surface area contributed by atoms with Gasteiger partial charge in [0, 0.05) is 26.3 Å². The van der Waals surface area contributed by atoms with Crippen molar-refractivity contribution in [3.63, 3.8) is 0 Å². The molecule has 5 rings (SSSR count). The van der Waals surface area contributed by atoms with E-state index in [4.69, 9.17) is 14.1 Å². The van der Waals surface area contributed by atoms with Crippen LogP contribution < -0.4 is 9.64 Å². The number of rotatable bonds is 5. The van der Waals surface area contributed by atoms with Crippen LogP contribution in [0.5, 0.6) is 5.75 Å². The van der Waals surface area contributed by atoms with Crippen LogP contribution in [0.4, 0.5) is 5.69 Å². The maximum Gasteiger partial charge on any atom is 0.258 e. The number of para-hydroxylation sites is 1. The number of carbonyl (C=O) groups excluding carboxylic acids is 1. The largest absolute Gasteiger partial charge is 0.496 e. The van der Waals surface area contributed by atoms with Crippen LogP contribution in [0.1, 0.15) is 35.1 Å². The van der Waals surface area contributed by atoms with Crippen LogP contribution in [0.25, 0.3) is 22.2 Å². The van der Waals surface area contributed by atoms with Crippen molar-refractivity contribution in [1.29, 1.82) is 0 Å². The number of likely N-dealkylation sites (tertiary alicyclic amines) is 1. The fourth-order valence-electron chi connectivity index (χ4n) is 4.46. The third kappa shape index (κ3) is 3.93. The van der Waals surface area contributed by atoms with Crippen LogP contribution in [0, 0.1) is 0 Å². The highest BCUT2D eigenvalue weighted by atomic mass is 16.5. The van der Waals surface area contributed by atoms with Gasteiger partial charge in [-0.2, -0.15) is 0 Å². The first-order valence-electron chi connectivity index (χ1n) is 11.2. The van der Waals surface area contributed by atoms with Crippen LogP contribution in [-0.2, 0) is 0 Å². The van der Waals surface area contributed by atoms with Gasteiger partial charge in [-0.15, -0.1) is 0 Å². The van der Waals surface area contributed by atoms with Crippen LogP contribution in [0.15, 0.2) is 71.1 Å². The maximum absolute atomic E-state index is 13.3. The minimum absolute atomic E-state index is 0.0566. The average Bonchev–Trinajstić information content (AvgIpc) is 3.50. The van der Waals surface area contributed by atoms with E-state index in [0.717, 1.165) is 40.8 Å². The van der Waals surface area contributed by atoms with Gasteiger partial charge >= 0.3 is 0 Å². The van der Waals surface area contributed by atoms with Gasteiger partial charge in [0.25, 0.3) is 5.91 Å². The monoisotopic (exact) mass is 441 g/mol. The van der Waals surface area contributed by atoms with Crippen molar-refractivity contribution in [2.75, 3.05) is 32.6 Å². The molecule has 4 aromatic rings. The molecule has 6 heteroatoms. The van der Waals surface area contributed by atoms with Gasteiger partial charge in [0.05, 0.1) is 12.7 Å². The second-order valence-corrected chi connectivity index (χ2v) is 8.53. The molecule has 1 saturated heterocycles. The molecule has 1 aliphatic heterocycles. The lowest BCUT2D eigenvalue weighted by atomic mass is 10.0. The number of methoxy groups -OCH3 is 1. The number of hydrogen-bond donors (Lipinski definition) is 0. The van der Waals surface area contributed by atoms with Crippen LogP contribution in [-0.4, -0.2) is 43.5 Å². The molecule has 0 aliphatic carbocycles. The van der Waals surface area contributed by atoms with E-state index in [1.54, 1.807) is 13.2 Å². The molecule has 33 heavy (non-hydrogen) atoms. The van der Waals surface area contributed by atoms with E-state index in [9.17, 15) is 4.79 Å². The Morgan fingerprint density at radius 2 is 1.82 bits per heavy atom. The Morgan fingerprint density at radius 3 is 2.58 bits per heavy atom. The Balaban J connectivity index is 1.44. The first-order chi connectivity index (χ1) is 16.0. The SMILES string of the molecule is COc1ccccc1C(=O)N1CCC[C@H]1c1nc2cc(-c3ccc(N(C)C)cc3)ccc2o1. The van der Waals surface area contributed by atoms with Crippen molar-refractivity contribution >= 4 is 22.7 Å². The van der Waals surface area contributed by atoms with Crippen molar-refractivity contribution in [2.24, 2.45) is 0 Å². The van der Waals surface area contributed by atoms with E-state index in [1.807, 2.05) is 55.4 Å². The summed E-state index contributed by atoms with van der Waals surface area (Å²) in [5, 5.41) is 0. The second kappa shape index (κ2) is 8.62. The van der Waals surface area contributed by atoms with Crippen LogP contribution in [0.2, 0.25) is 0 Å². The summed E-state index contributed by atoms with van der Waals surface area (Å²) in [6.07, 6.45) is 1.74. The van der Waals surface area contributed by atoms with Crippen LogP contribution >= 0.6 is 0 Å². The smallest absolute Gasteiger partial charge is 0.258 e. The molecular weight excluding hydrogens is 414 g/mol. The molecule has 1 aliphatic rings. The molecule has 0 spiro atoms. The number of oxazole rings is 1. The van der Waals surface area contributed by atoms with E-state index in [0.29, 0.717) is 23.7 Å². The van der Waals surface area contributed by atoms with Crippen molar-refractivity contribution in [3.8, 4) is 16.9 Å². The van der Waals surface area contributed by atoms with Gasteiger partial charge in [-0.1, -0.05) is 30.3 Å². The van der Waals surface area contributed by atoms with E-state index >= 15 is 0 Å². The van der Waals surface area contributed by atoms with Gasteiger partial charge < -0.3 is 19.0 Å². The summed E-state index contributed by atoms with van der Waals surface area (Å²) < 4.78 is 11.5. The first-order valence-corrected chi connectivity index (χ1v) is 11.2. The molecule has 0 radical (unpaired) electrons. The third-order valence-corrected chi connectivity index (χ3v) is 6.26. The Kier molecular flexibility index (Phi) is 5.50. The summed E-state index contributed by atoms with van der Waals surface area (Å²) in [5.74, 6) is 1.11. The zero-order valence-electron chi connectivity index (χ0n) is 19.1. The Hall–Kier alpha value is -3.80. The molecule has 2 heterocycles. The standard InChI is InChI=1S/C27H27N3O3/c1-29(2)20-13-10-18(11-14-20)19-12-15-25-22(17-19)28-26(33-25)23-8-6-16-30(23)27(31)21-7-4-5-9-24(21)32-3/h4-5,7,9-15,17,23H,6,8,16H2,1-3H3/t23-/m0/s1. The molecule has 0 saturated carbocycles. The number of carbonyl (C=O) groups is 1. The fraction of sp³-hybridized carbons (Fsp3) is 0.259. The molecule has 1 amide bonds. The number of anilines is 1. The highest BCUT2D eigenvalue weighted by Crippen LogP contribution is 2.36. The summed E-state index contributed by atoms with van der Waals surface area (Å²) in [5.41, 5.74) is 5.46. The summed E-state index contributed by atoms with van der Waals surface area (Å²) >= 11 is 0. The van der Waals surface area contributed by atoms with Crippen molar-refractivity contribution in [1.82, 2.24) is 9.88 Å². The number of nitrogens with zero attached hydrogens (tertiary/aromatic N) is 3. The first kappa shape index (κ1) is 21.1. The topological polar surface area (TPSA) is 58.8 Å². The second-order valence-electron chi connectivity index (χ2n) is 8.53. The van der Waals surface area contributed by atoms with Gasteiger partial charge in [-0.25, -0.2) is 4.98 Å². The normalized spacial score (nSPS) is 15.7. The molecule has 3 aromatic carbocycles. The molecule has 6 nitrogen and oxygen atoms in total. The minimum Gasteiger partial charge on any atom is -0.496 e. The van der Waals surface area contributed by atoms with Crippen LogP contribution in [0.3, 0.4) is 0 Å². The van der Waals surface area contributed by atoms with E-state index < -0.39 is 0 Å². The lowest BCUT2D eigenvalue weighted by Crippen LogP contribution is -2.31. The number of fused-ring (bicyclic) bond motifs is 1. The predicted molar refractivity (Wildman–Crippen MR) is 130 cm³/mol. The Bertz CT molecular complexity index is 1290. The molecule has 1 aromatic heterocycles. The number of benzene rings is 3. The lowest BCUT2D eigenvalue weighted by molar-refractivity contribution is 0.0713. The molecule has 0 N–H and O–H groups in total. The van der Waals surface area contributed by atoms with Crippen molar-refractivity contribution < 1.29 is 13.9 Å². The van der Waals surface area contributed by atoms with Gasteiger partial charge in [0.1, 0.15) is 17.3 Å². The van der Waals surface area contributed by atoms with E-state index in [-0.39, 0.29) is 11.9 Å². The zero-order valence-corrected chi connectivity index (χ0v) is 19.1. The summed E-state index contributed by atoms with van der Waals surface area (Å²) in [4.78, 5) is 22.0.